The summed E-state index contributed by atoms with van der Waals surface area (Å²) in [6, 6.07) is 13.9. The second kappa shape index (κ2) is 4.97. The molecule has 0 aromatic heterocycles. The maximum absolute atomic E-state index is 11.8. The number of rotatable bonds is 2. The molecular formula is C15H11N3O2. The number of nitrogens with zero attached hydrogens (tertiary/aromatic N) is 2. The third kappa shape index (κ3) is 2.29. The van der Waals surface area contributed by atoms with Crippen molar-refractivity contribution in [2.45, 2.75) is 0 Å². The van der Waals surface area contributed by atoms with Crippen LogP contribution in [0.3, 0.4) is 0 Å². The molecule has 2 aromatic rings. The molecule has 0 unspecified atom stereocenters. The molecule has 1 amide bonds. The van der Waals surface area contributed by atoms with E-state index in [1.165, 1.54) is 6.21 Å². The van der Waals surface area contributed by atoms with Gasteiger partial charge in [-0.15, -0.1) is 5.10 Å². The summed E-state index contributed by atoms with van der Waals surface area (Å²) in [4.78, 5) is 11.8. The van der Waals surface area contributed by atoms with E-state index >= 15 is 0 Å². The third-order valence-corrected chi connectivity index (χ3v) is 2.88. The average molecular weight is 265 g/mol. The molecule has 0 saturated carbocycles. The van der Waals surface area contributed by atoms with E-state index in [4.69, 9.17) is 0 Å². The summed E-state index contributed by atoms with van der Waals surface area (Å²) in [7, 11) is 0. The Bertz CT molecular complexity index is 735. The Morgan fingerprint density at radius 3 is 2.80 bits per heavy atom. The van der Waals surface area contributed by atoms with Crippen LogP contribution in [0.5, 0.6) is 5.75 Å². The molecule has 0 spiro atoms. The van der Waals surface area contributed by atoms with Crippen LogP contribution in [0.2, 0.25) is 0 Å². The first-order valence-corrected chi connectivity index (χ1v) is 6.05. The molecule has 0 saturated heterocycles. The number of aromatic hydroxyl groups is 1. The lowest BCUT2D eigenvalue weighted by Gasteiger charge is -1.94. The minimum atomic E-state index is -0.265. The molecule has 2 aromatic carbocycles. The van der Waals surface area contributed by atoms with Crippen LogP contribution in [0.25, 0.3) is 0 Å². The van der Waals surface area contributed by atoms with Crippen molar-refractivity contribution < 1.29 is 9.90 Å². The van der Waals surface area contributed by atoms with E-state index in [9.17, 15) is 9.90 Å². The molecule has 5 heteroatoms. The Morgan fingerprint density at radius 2 is 1.95 bits per heavy atom. The number of phenolic OH excluding ortho intramolecular Hbond substituents is 1. The van der Waals surface area contributed by atoms with E-state index in [1.807, 2.05) is 24.3 Å². The molecule has 1 heterocycles. The summed E-state index contributed by atoms with van der Waals surface area (Å²) in [5, 5.41) is 19.9. The molecule has 20 heavy (non-hydrogen) atoms. The first-order chi connectivity index (χ1) is 9.74. The van der Waals surface area contributed by atoms with Crippen molar-refractivity contribution in [1.82, 2.24) is 0 Å². The first kappa shape index (κ1) is 12.1. The highest BCUT2D eigenvalue weighted by molar-refractivity contribution is 6.53. The van der Waals surface area contributed by atoms with Crippen LogP contribution in [0.15, 0.2) is 58.7 Å². The Kier molecular flexibility index (Phi) is 3.01. The van der Waals surface area contributed by atoms with Gasteiger partial charge in [0.1, 0.15) is 5.75 Å². The number of benzene rings is 2. The number of carbonyl (C=O) groups is 1. The molecule has 1 aliphatic rings. The number of hydrogen-bond donors (Lipinski definition) is 2. The molecule has 0 bridgehead atoms. The normalized spacial score (nSPS) is 15.6. The van der Waals surface area contributed by atoms with Crippen molar-refractivity contribution in [3.8, 4) is 5.75 Å². The van der Waals surface area contributed by atoms with Gasteiger partial charge in [-0.1, -0.05) is 30.3 Å². The number of amides is 1. The summed E-state index contributed by atoms with van der Waals surface area (Å²) in [6.45, 7) is 0. The summed E-state index contributed by atoms with van der Waals surface area (Å²) in [6.07, 6.45) is 1.49. The van der Waals surface area contributed by atoms with E-state index < -0.39 is 0 Å². The zero-order valence-electron chi connectivity index (χ0n) is 10.4. The van der Waals surface area contributed by atoms with Gasteiger partial charge in [0.2, 0.25) is 0 Å². The van der Waals surface area contributed by atoms with Crippen LogP contribution in [-0.2, 0) is 4.79 Å². The Morgan fingerprint density at radius 1 is 1.10 bits per heavy atom. The first-order valence-electron chi connectivity index (χ1n) is 6.05. The fraction of sp³-hybridized carbons (Fsp3) is 0. The van der Waals surface area contributed by atoms with Gasteiger partial charge in [-0.25, -0.2) is 0 Å². The summed E-state index contributed by atoms with van der Waals surface area (Å²) in [5.41, 5.74) is 2.48. The second-order valence-electron chi connectivity index (χ2n) is 4.29. The third-order valence-electron chi connectivity index (χ3n) is 2.88. The number of para-hydroxylation sites is 1. The monoisotopic (exact) mass is 265 g/mol. The molecule has 0 radical (unpaired) electrons. The van der Waals surface area contributed by atoms with Crippen LogP contribution in [0, 0.1) is 0 Å². The van der Waals surface area contributed by atoms with Crippen molar-refractivity contribution >= 4 is 23.5 Å². The van der Waals surface area contributed by atoms with Crippen molar-refractivity contribution in [3.05, 3.63) is 59.7 Å². The van der Waals surface area contributed by atoms with E-state index in [1.54, 1.807) is 24.3 Å². The zero-order chi connectivity index (χ0) is 13.9. The lowest BCUT2D eigenvalue weighted by Crippen LogP contribution is -2.13. The molecule has 0 atom stereocenters. The molecule has 1 aliphatic heterocycles. The lowest BCUT2D eigenvalue weighted by molar-refractivity contribution is -0.110. The minimum absolute atomic E-state index is 0.158. The van der Waals surface area contributed by atoms with Crippen molar-refractivity contribution in [2.24, 2.45) is 10.2 Å². The van der Waals surface area contributed by atoms with Gasteiger partial charge >= 0.3 is 0 Å². The van der Waals surface area contributed by atoms with Crippen LogP contribution in [0.4, 0.5) is 5.69 Å². The highest BCUT2D eigenvalue weighted by Gasteiger charge is 2.25. The number of fused-ring (bicyclic) bond motifs is 1. The van der Waals surface area contributed by atoms with Gasteiger partial charge < -0.3 is 10.4 Å². The van der Waals surface area contributed by atoms with Crippen molar-refractivity contribution in [1.29, 1.82) is 0 Å². The predicted molar refractivity (Wildman–Crippen MR) is 77.3 cm³/mol. The fourth-order valence-corrected chi connectivity index (χ4v) is 1.96. The fourth-order valence-electron chi connectivity index (χ4n) is 1.96. The van der Waals surface area contributed by atoms with Crippen molar-refractivity contribution in [2.75, 3.05) is 5.32 Å². The zero-order valence-corrected chi connectivity index (χ0v) is 10.4. The lowest BCUT2D eigenvalue weighted by atomic mass is 10.1. The van der Waals surface area contributed by atoms with Gasteiger partial charge in [0.25, 0.3) is 5.91 Å². The molecule has 5 nitrogen and oxygen atoms in total. The van der Waals surface area contributed by atoms with Gasteiger partial charge in [0, 0.05) is 5.56 Å². The average Bonchev–Trinajstić information content (AvgIpc) is 2.75. The van der Waals surface area contributed by atoms with Gasteiger partial charge in [-0.05, 0) is 23.8 Å². The van der Waals surface area contributed by atoms with Gasteiger partial charge in [0.15, 0.2) is 5.71 Å². The smallest absolute Gasteiger partial charge is 0.276 e. The number of hydrogen-bond acceptors (Lipinski definition) is 4. The topological polar surface area (TPSA) is 74.0 Å². The van der Waals surface area contributed by atoms with E-state index in [0.717, 1.165) is 11.3 Å². The van der Waals surface area contributed by atoms with E-state index in [-0.39, 0.29) is 17.4 Å². The number of anilines is 1. The number of nitrogens with one attached hydrogen (secondary N) is 1. The SMILES string of the molecule is O=C1Nc2ccccc2C1=NN=Cc1cccc(O)c1. The Labute approximate surface area is 115 Å². The maximum Gasteiger partial charge on any atom is 0.276 e. The molecule has 98 valence electrons. The molecule has 0 fully saturated rings. The molecule has 0 aliphatic carbocycles. The second-order valence-corrected chi connectivity index (χ2v) is 4.29. The van der Waals surface area contributed by atoms with E-state index in [2.05, 4.69) is 15.5 Å². The maximum atomic E-state index is 11.8. The van der Waals surface area contributed by atoms with Gasteiger partial charge in [0.05, 0.1) is 11.9 Å². The minimum Gasteiger partial charge on any atom is -0.508 e. The van der Waals surface area contributed by atoms with Crippen LogP contribution < -0.4 is 5.32 Å². The molecule has 2 N–H and O–H groups in total. The van der Waals surface area contributed by atoms with Crippen LogP contribution >= 0.6 is 0 Å². The number of phenols is 1. The van der Waals surface area contributed by atoms with Crippen molar-refractivity contribution in [3.63, 3.8) is 0 Å². The molecular weight excluding hydrogens is 254 g/mol. The molecule has 3 rings (SSSR count). The predicted octanol–water partition coefficient (Wildman–Crippen LogP) is 2.17. The van der Waals surface area contributed by atoms with Crippen LogP contribution in [-0.4, -0.2) is 22.9 Å². The summed E-state index contributed by atoms with van der Waals surface area (Å²) >= 11 is 0. The van der Waals surface area contributed by atoms with Gasteiger partial charge in [-0.3, -0.25) is 4.79 Å². The quantitative estimate of drug-likeness (QED) is 0.645. The van der Waals surface area contributed by atoms with Gasteiger partial charge in [-0.2, -0.15) is 5.10 Å². The highest BCUT2D eigenvalue weighted by Crippen LogP contribution is 2.22. The standard InChI is InChI=1S/C15H11N3O2/c19-11-5-3-4-10(8-11)9-16-18-14-12-6-1-2-7-13(12)17-15(14)20/h1-9,19H,(H,17,18,20). The highest BCUT2D eigenvalue weighted by atomic mass is 16.3. The Hall–Kier alpha value is -2.95. The van der Waals surface area contributed by atoms with E-state index in [0.29, 0.717) is 5.56 Å². The largest absolute Gasteiger partial charge is 0.508 e. The Balaban J connectivity index is 1.88. The summed E-state index contributed by atoms with van der Waals surface area (Å²) < 4.78 is 0. The van der Waals surface area contributed by atoms with Crippen LogP contribution in [0.1, 0.15) is 11.1 Å². The number of carbonyl (C=O) groups excluding carboxylic acids is 1. The summed E-state index contributed by atoms with van der Waals surface area (Å²) in [5.74, 6) is -0.107.